The Bertz CT molecular complexity index is 624. The number of pyridine rings is 1. The number of hydrogen-bond acceptors (Lipinski definition) is 3. The van der Waals surface area contributed by atoms with Crippen LogP contribution in [0.3, 0.4) is 0 Å². The van der Waals surface area contributed by atoms with Crippen LogP contribution in [0.15, 0.2) is 53.7 Å². The summed E-state index contributed by atoms with van der Waals surface area (Å²) >= 11 is 0. The van der Waals surface area contributed by atoms with Crippen molar-refractivity contribution in [2.45, 2.75) is 18.4 Å². The molecule has 0 unspecified atom stereocenters. The lowest BCUT2D eigenvalue weighted by Crippen LogP contribution is -2.23. The van der Waals surface area contributed by atoms with Crippen molar-refractivity contribution in [3.63, 3.8) is 0 Å². The molecule has 4 nitrogen and oxygen atoms in total. The van der Waals surface area contributed by atoms with Gasteiger partial charge in [-0.1, -0.05) is 12.1 Å². The first-order chi connectivity index (χ1) is 8.58. The summed E-state index contributed by atoms with van der Waals surface area (Å²) in [6.45, 7) is 2.13. The largest absolute Gasteiger partial charge is 0.265 e. The highest BCUT2D eigenvalue weighted by Crippen LogP contribution is 2.11. The van der Waals surface area contributed by atoms with Gasteiger partial charge in [-0.05, 0) is 42.3 Å². The Kier molecular flexibility index (Phi) is 3.74. The quantitative estimate of drug-likeness (QED) is 0.915. The van der Waals surface area contributed by atoms with Crippen molar-refractivity contribution in [1.29, 1.82) is 0 Å². The third-order valence-electron chi connectivity index (χ3n) is 2.52. The number of benzene rings is 1. The Hall–Kier alpha value is -1.72. The molecule has 0 aliphatic heterocycles. The van der Waals surface area contributed by atoms with Crippen molar-refractivity contribution >= 4 is 10.0 Å². The van der Waals surface area contributed by atoms with Gasteiger partial charge < -0.3 is 0 Å². The second-order valence-corrected chi connectivity index (χ2v) is 5.76. The summed E-state index contributed by atoms with van der Waals surface area (Å²) in [6.07, 6.45) is 3.27. The summed E-state index contributed by atoms with van der Waals surface area (Å²) in [7, 11) is -3.45. The first kappa shape index (κ1) is 12.7. The van der Waals surface area contributed by atoms with Crippen LogP contribution in [0.2, 0.25) is 0 Å². The lowest BCUT2D eigenvalue weighted by Gasteiger charge is -2.07. The molecule has 0 aliphatic carbocycles. The Morgan fingerprint density at radius 2 is 1.89 bits per heavy atom. The van der Waals surface area contributed by atoms with E-state index in [0.717, 1.165) is 11.1 Å². The predicted octanol–water partition coefficient (Wildman–Crippen LogP) is 1.87. The fourth-order valence-corrected chi connectivity index (χ4v) is 2.67. The number of nitrogens with one attached hydrogen (secondary N) is 1. The van der Waals surface area contributed by atoms with E-state index in [0.29, 0.717) is 0 Å². The van der Waals surface area contributed by atoms with Crippen molar-refractivity contribution in [2.24, 2.45) is 0 Å². The maximum Gasteiger partial charge on any atom is 0.240 e. The maximum atomic E-state index is 12.0. The second kappa shape index (κ2) is 5.29. The van der Waals surface area contributed by atoms with Gasteiger partial charge in [-0.15, -0.1) is 0 Å². The highest BCUT2D eigenvalue weighted by Gasteiger charge is 2.13. The standard InChI is InChI=1S/C13H14N2O2S/c1-11-3-2-4-13(9-11)18(16,17)15-10-12-5-7-14-8-6-12/h2-9,15H,10H2,1H3. The minimum Gasteiger partial charge on any atom is -0.265 e. The Balaban J connectivity index is 2.13. The van der Waals surface area contributed by atoms with E-state index in [1.807, 2.05) is 13.0 Å². The summed E-state index contributed by atoms with van der Waals surface area (Å²) in [5.41, 5.74) is 1.79. The third-order valence-corrected chi connectivity index (χ3v) is 3.91. The number of hydrogen-bond donors (Lipinski definition) is 1. The average Bonchev–Trinajstić information content (AvgIpc) is 2.38. The molecule has 0 radical (unpaired) electrons. The molecule has 0 aliphatic rings. The van der Waals surface area contributed by atoms with Crippen LogP contribution in [0.25, 0.3) is 0 Å². The molecular formula is C13H14N2O2S. The third kappa shape index (κ3) is 3.15. The summed E-state index contributed by atoms with van der Waals surface area (Å²) in [5, 5.41) is 0. The predicted molar refractivity (Wildman–Crippen MR) is 69.4 cm³/mol. The zero-order valence-electron chi connectivity index (χ0n) is 10.00. The molecule has 94 valence electrons. The molecule has 0 spiro atoms. The van der Waals surface area contributed by atoms with E-state index in [1.54, 1.807) is 42.7 Å². The van der Waals surface area contributed by atoms with Gasteiger partial charge in [0.25, 0.3) is 0 Å². The molecule has 0 fully saturated rings. The fourth-order valence-electron chi connectivity index (χ4n) is 1.54. The Labute approximate surface area is 107 Å². The molecule has 0 bridgehead atoms. The van der Waals surface area contributed by atoms with Gasteiger partial charge in [0.2, 0.25) is 10.0 Å². The van der Waals surface area contributed by atoms with Crippen LogP contribution >= 0.6 is 0 Å². The van der Waals surface area contributed by atoms with Gasteiger partial charge in [-0.2, -0.15) is 0 Å². The first-order valence-electron chi connectivity index (χ1n) is 5.53. The molecule has 0 amide bonds. The number of aryl methyl sites for hydroxylation is 1. The van der Waals surface area contributed by atoms with E-state index in [9.17, 15) is 8.42 Å². The molecule has 0 saturated carbocycles. The van der Waals surface area contributed by atoms with Crippen LogP contribution in [-0.2, 0) is 16.6 Å². The second-order valence-electron chi connectivity index (χ2n) is 4.00. The van der Waals surface area contributed by atoms with Crippen LogP contribution in [-0.4, -0.2) is 13.4 Å². The zero-order valence-corrected chi connectivity index (χ0v) is 10.8. The topological polar surface area (TPSA) is 59.1 Å². The Morgan fingerprint density at radius 1 is 1.17 bits per heavy atom. The molecule has 1 N–H and O–H groups in total. The molecule has 1 aromatic heterocycles. The van der Waals surface area contributed by atoms with Crippen LogP contribution in [0.4, 0.5) is 0 Å². The average molecular weight is 262 g/mol. The summed E-state index contributed by atoms with van der Waals surface area (Å²) in [6, 6.07) is 10.4. The molecule has 2 rings (SSSR count). The van der Waals surface area contributed by atoms with Gasteiger partial charge in [0.15, 0.2) is 0 Å². The molecule has 18 heavy (non-hydrogen) atoms. The van der Waals surface area contributed by atoms with Gasteiger partial charge in [-0.3, -0.25) is 4.98 Å². The molecule has 5 heteroatoms. The van der Waals surface area contributed by atoms with E-state index >= 15 is 0 Å². The van der Waals surface area contributed by atoms with Crippen LogP contribution in [0, 0.1) is 6.92 Å². The highest BCUT2D eigenvalue weighted by atomic mass is 32.2. The minimum absolute atomic E-state index is 0.263. The van der Waals surface area contributed by atoms with Gasteiger partial charge in [0, 0.05) is 18.9 Å². The van der Waals surface area contributed by atoms with Crippen molar-refractivity contribution in [1.82, 2.24) is 9.71 Å². The molecule has 1 aromatic carbocycles. The van der Waals surface area contributed by atoms with Crippen LogP contribution in [0.1, 0.15) is 11.1 Å². The summed E-state index contributed by atoms with van der Waals surface area (Å²) in [5.74, 6) is 0. The van der Waals surface area contributed by atoms with Crippen molar-refractivity contribution in [3.05, 3.63) is 59.9 Å². The van der Waals surface area contributed by atoms with Crippen molar-refractivity contribution in [3.8, 4) is 0 Å². The molecule has 0 saturated heterocycles. The van der Waals surface area contributed by atoms with Crippen molar-refractivity contribution in [2.75, 3.05) is 0 Å². The Morgan fingerprint density at radius 3 is 2.56 bits per heavy atom. The molecule has 0 atom stereocenters. The van der Waals surface area contributed by atoms with Gasteiger partial charge >= 0.3 is 0 Å². The van der Waals surface area contributed by atoms with E-state index in [1.165, 1.54) is 0 Å². The number of nitrogens with zero attached hydrogens (tertiary/aromatic N) is 1. The van der Waals surface area contributed by atoms with E-state index in [-0.39, 0.29) is 11.4 Å². The molecule has 2 aromatic rings. The molecular weight excluding hydrogens is 248 g/mol. The fraction of sp³-hybridized carbons (Fsp3) is 0.154. The van der Waals surface area contributed by atoms with E-state index in [4.69, 9.17) is 0 Å². The van der Waals surface area contributed by atoms with Gasteiger partial charge in [0.05, 0.1) is 4.90 Å². The van der Waals surface area contributed by atoms with Crippen LogP contribution < -0.4 is 4.72 Å². The van der Waals surface area contributed by atoms with E-state index < -0.39 is 10.0 Å². The van der Waals surface area contributed by atoms with E-state index in [2.05, 4.69) is 9.71 Å². The smallest absolute Gasteiger partial charge is 0.240 e. The number of rotatable bonds is 4. The van der Waals surface area contributed by atoms with Gasteiger partial charge in [-0.25, -0.2) is 13.1 Å². The first-order valence-corrected chi connectivity index (χ1v) is 7.01. The lowest BCUT2D eigenvalue weighted by molar-refractivity contribution is 0.581. The summed E-state index contributed by atoms with van der Waals surface area (Å²) in [4.78, 5) is 4.17. The SMILES string of the molecule is Cc1cccc(S(=O)(=O)NCc2ccncc2)c1. The summed E-state index contributed by atoms with van der Waals surface area (Å²) < 4.78 is 26.6. The van der Waals surface area contributed by atoms with Crippen LogP contribution in [0.5, 0.6) is 0 Å². The van der Waals surface area contributed by atoms with Crippen molar-refractivity contribution < 1.29 is 8.42 Å². The lowest BCUT2D eigenvalue weighted by atomic mass is 10.2. The number of sulfonamides is 1. The maximum absolute atomic E-state index is 12.0. The highest BCUT2D eigenvalue weighted by molar-refractivity contribution is 7.89. The van der Waals surface area contributed by atoms with Gasteiger partial charge in [0.1, 0.15) is 0 Å². The zero-order chi connectivity index (χ0) is 13.0. The number of aromatic nitrogens is 1. The normalized spacial score (nSPS) is 11.4. The minimum atomic E-state index is -3.45. The monoisotopic (exact) mass is 262 g/mol. The molecule has 1 heterocycles.